The molecule has 4 nitrogen and oxygen atoms in total. The number of hydrogen-bond acceptors (Lipinski definition) is 3. The zero-order valence-electron chi connectivity index (χ0n) is 8.87. The van der Waals surface area contributed by atoms with Gasteiger partial charge in [-0.25, -0.2) is 0 Å². The van der Waals surface area contributed by atoms with Crippen LogP contribution in [0.3, 0.4) is 0 Å². The van der Waals surface area contributed by atoms with E-state index in [2.05, 4.69) is 0 Å². The first-order valence-electron chi connectivity index (χ1n) is 5.50. The quantitative estimate of drug-likeness (QED) is 0.752. The highest BCUT2D eigenvalue weighted by Crippen LogP contribution is 2.36. The number of nitrogens with zero attached hydrogens (tertiary/aromatic N) is 1. The highest BCUT2D eigenvalue weighted by molar-refractivity contribution is 5.80. The molecule has 2 saturated heterocycles. The first-order valence-corrected chi connectivity index (χ1v) is 5.50. The van der Waals surface area contributed by atoms with Gasteiger partial charge in [-0.15, -0.1) is 0 Å². The lowest BCUT2D eigenvalue weighted by Gasteiger charge is -2.22. The van der Waals surface area contributed by atoms with Crippen molar-refractivity contribution < 1.29 is 9.53 Å². The summed E-state index contributed by atoms with van der Waals surface area (Å²) >= 11 is 0. The largest absolute Gasteiger partial charge is 0.352 e. The zero-order valence-corrected chi connectivity index (χ0v) is 8.87. The molecule has 3 atom stereocenters. The molecule has 4 heteroatoms. The molecule has 2 aliphatic heterocycles. The zero-order chi connectivity index (χ0) is 11.1. The van der Waals surface area contributed by atoms with E-state index in [1.54, 1.807) is 4.90 Å². The van der Waals surface area contributed by atoms with Gasteiger partial charge in [0.15, 0.2) is 6.23 Å². The third-order valence-corrected chi connectivity index (χ3v) is 3.31. The Labute approximate surface area is 94.0 Å². The number of amides is 1. The van der Waals surface area contributed by atoms with Crippen LogP contribution in [-0.4, -0.2) is 29.5 Å². The minimum Gasteiger partial charge on any atom is -0.352 e. The molecule has 1 aromatic rings. The standard InChI is InChI=1S/C12H14N2O2/c13-9-6-11(15)14-10(9)7-16-12(14)8-4-2-1-3-5-8/h1-5,9-10,12H,6-7,13H2/t9-,10+,12+/m0/s1. The molecule has 1 amide bonds. The van der Waals surface area contributed by atoms with Crippen molar-refractivity contribution in [3.63, 3.8) is 0 Å². The van der Waals surface area contributed by atoms with Crippen molar-refractivity contribution in [2.75, 3.05) is 6.61 Å². The van der Waals surface area contributed by atoms with Gasteiger partial charge in [0.25, 0.3) is 0 Å². The van der Waals surface area contributed by atoms with E-state index in [1.807, 2.05) is 30.3 Å². The van der Waals surface area contributed by atoms with Crippen molar-refractivity contribution >= 4 is 5.91 Å². The van der Waals surface area contributed by atoms with Crippen LogP contribution in [0.15, 0.2) is 30.3 Å². The van der Waals surface area contributed by atoms with Gasteiger partial charge in [0.2, 0.25) is 5.91 Å². The summed E-state index contributed by atoms with van der Waals surface area (Å²) in [5.41, 5.74) is 6.93. The lowest BCUT2D eigenvalue weighted by Crippen LogP contribution is -2.37. The van der Waals surface area contributed by atoms with Crippen LogP contribution in [0.1, 0.15) is 18.2 Å². The van der Waals surface area contributed by atoms with Crippen molar-refractivity contribution in [3.8, 4) is 0 Å². The second kappa shape index (κ2) is 3.57. The highest BCUT2D eigenvalue weighted by atomic mass is 16.5. The van der Waals surface area contributed by atoms with E-state index in [0.29, 0.717) is 13.0 Å². The van der Waals surface area contributed by atoms with Crippen molar-refractivity contribution in [2.24, 2.45) is 5.73 Å². The molecule has 16 heavy (non-hydrogen) atoms. The molecule has 0 bridgehead atoms. The number of carbonyl (C=O) groups is 1. The summed E-state index contributed by atoms with van der Waals surface area (Å²) in [4.78, 5) is 13.6. The molecule has 3 rings (SSSR count). The maximum Gasteiger partial charge on any atom is 0.226 e. The fraction of sp³-hybridized carbons (Fsp3) is 0.417. The summed E-state index contributed by atoms with van der Waals surface area (Å²) in [6.07, 6.45) is 0.199. The van der Waals surface area contributed by atoms with Crippen molar-refractivity contribution in [2.45, 2.75) is 24.7 Å². The lowest BCUT2D eigenvalue weighted by atomic mass is 10.1. The van der Waals surface area contributed by atoms with Crippen LogP contribution in [0.4, 0.5) is 0 Å². The predicted octanol–water partition coefficient (Wildman–Crippen LogP) is 0.644. The number of nitrogens with two attached hydrogens (primary N) is 1. The van der Waals surface area contributed by atoms with E-state index in [4.69, 9.17) is 10.5 Å². The van der Waals surface area contributed by atoms with Gasteiger partial charge in [0.05, 0.1) is 12.6 Å². The summed E-state index contributed by atoms with van der Waals surface area (Å²) in [7, 11) is 0. The Hall–Kier alpha value is -1.39. The van der Waals surface area contributed by atoms with Gasteiger partial charge in [0.1, 0.15) is 0 Å². The smallest absolute Gasteiger partial charge is 0.226 e. The van der Waals surface area contributed by atoms with Crippen molar-refractivity contribution in [1.29, 1.82) is 0 Å². The van der Waals surface area contributed by atoms with E-state index in [0.717, 1.165) is 5.56 Å². The Balaban J connectivity index is 1.92. The van der Waals surface area contributed by atoms with E-state index in [-0.39, 0.29) is 24.2 Å². The fourth-order valence-corrected chi connectivity index (χ4v) is 2.49. The second-order valence-electron chi connectivity index (χ2n) is 4.33. The number of rotatable bonds is 1. The van der Waals surface area contributed by atoms with Gasteiger partial charge in [-0.3, -0.25) is 4.79 Å². The Kier molecular flexibility index (Phi) is 2.19. The van der Waals surface area contributed by atoms with Gasteiger partial charge >= 0.3 is 0 Å². The molecule has 0 saturated carbocycles. The number of ether oxygens (including phenoxy) is 1. The molecule has 0 unspecified atom stereocenters. The van der Waals surface area contributed by atoms with Gasteiger partial charge in [-0.2, -0.15) is 0 Å². The van der Waals surface area contributed by atoms with Gasteiger partial charge in [-0.1, -0.05) is 30.3 Å². The third-order valence-electron chi connectivity index (χ3n) is 3.31. The maximum atomic E-state index is 11.8. The second-order valence-corrected chi connectivity index (χ2v) is 4.33. The minimum absolute atomic E-state index is 0.0534. The van der Waals surface area contributed by atoms with Crippen LogP contribution in [-0.2, 0) is 9.53 Å². The Morgan fingerprint density at radius 2 is 2.06 bits per heavy atom. The Bertz CT molecular complexity index is 407. The molecule has 0 radical (unpaired) electrons. The highest BCUT2D eigenvalue weighted by Gasteiger charge is 2.47. The Morgan fingerprint density at radius 3 is 2.81 bits per heavy atom. The van der Waals surface area contributed by atoms with Crippen LogP contribution < -0.4 is 5.73 Å². The number of hydrogen-bond donors (Lipinski definition) is 1. The Morgan fingerprint density at radius 1 is 1.31 bits per heavy atom. The summed E-state index contributed by atoms with van der Waals surface area (Å²) in [5.74, 6) is 0.101. The van der Waals surface area contributed by atoms with Crippen LogP contribution in [0.2, 0.25) is 0 Å². The van der Waals surface area contributed by atoms with Crippen LogP contribution >= 0.6 is 0 Å². The molecule has 0 spiro atoms. The summed E-state index contributed by atoms with van der Waals surface area (Å²) < 4.78 is 5.67. The van der Waals surface area contributed by atoms with Crippen LogP contribution in [0, 0.1) is 0 Å². The molecular weight excluding hydrogens is 204 g/mol. The first kappa shape index (κ1) is 9.81. The van der Waals surface area contributed by atoms with Crippen molar-refractivity contribution in [1.82, 2.24) is 4.90 Å². The summed E-state index contributed by atoms with van der Waals surface area (Å²) in [6.45, 7) is 0.548. The third kappa shape index (κ3) is 1.34. The SMILES string of the molecule is N[C@H]1CC(=O)N2[C@@H](c3ccccc3)OC[C@H]12. The molecule has 84 valence electrons. The van der Waals surface area contributed by atoms with E-state index < -0.39 is 0 Å². The van der Waals surface area contributed by atoms with Gasteiger partial charge in [-0.05, 0) is 0 Å². The predicted molar refractivity (Wildman–Crippen MR) is 58.4 cm³/mol. The number of benzene rings is 1. The van der Waals surface area contributed by atoms with Crippen molar-refractivity contribution in [3.05, 3.63) is 35.9 Å². The first-order chi connectivity index (χ1) is 7.77. The number of carbonyl (C=O) groups excluding carboxylic acids is 1. The molecule has 0 aromatic heterocycles. The average Bonchev–Trinajstić information content (AvgIpc) is 2.84. The topological polar surface area (TPSA) is 55.6 Å². The molecule has 2 N–H and O–H groups in total. The summed E-state index contributed by atoms with van der Waals surface area (Å²) in [6, 6.07) is 9.78. The normalized spacial score (nSPS) is 33.2. The van der Waals surface area contributed by atoms with E-state index in [1.165, 1.54) is 0 Å². The molecular formula is C12H14N2O2. The number of fused-ring (bicyclic) bond motifs is 1. The van der Waals surface area contributed by atoms with Gasteiger partial charge < -0.3 is 15.4 Å². The molecule has 2 fully saturated rings. The molecule has 2 aliphatic rings. The summed E-state index contributed by atoms with van der Waals surface area (Å²) in [5, 5.41) is 0. The van der Waals surface area contributed by atoms with Crippen LogP contribution in [0.25, 0.3) is 0 Å². The van der Waals surface area contributed by atoms with E-state index in [9.17, 15) is 4.79 Å². The molecule has 1 aromatic carbocycles. The fourth-order valence-electron chi connectivity index (χ4n) is 2.49. The lowest BCUT2D eigenvalue weighted by molar-refractivity contribution is -0.134. The van der Waals surface area contributed by atoms with E-state index >= 15 is 0 Å². The minimum atomic E-state index is -0.243. The van der Waals surface area contributed by atoms with Crippen LogP contribution in [0.5, 0.6) is 0 Å². The molecule has 2 heterocycles. The molecule has 0 aliphatic carbocycles. The van der Waals surface area contributed by atoms with Gasteiger partial charge in [0, 0.05) is 18.0 Å². The average molecular weight is 218 g/mol. The monoisotopic (exact) mass is 218 g/mol. The maximum absolute atomic E-state index is 11.8.